The van der Waals surface area contributed by atoms with Crippen LogP contribution in [0.25, 0.3) is 11.0 Å². The molecule has 8 nitrogen and oxygen atoms in total. The van der Waals surface area contributed by atoms with Crippen molar-refractivity contribution in [1.29, 1.82) is 0 Å². The first kappa shape index (κ1) is 25.8. The van der Waals surface area contributed by atoms with Gasteiger partial charge < -0.3 is 8.60 Å². The zero-order valence-corrected chi connectivity index (χ0v) is 18.2. The predicted molar refractivity (Wildman–Crippen MR) is 110 cm³/mol. The molecule has 0 bridgehead atoms. The Balaban J connectivity index is 0.00000187. The predicted octanol–water partition coefficient (Wildman–Crippen LogP) is 4.99. The highest BCUT2D eigenvalue weighted by molar-refractivity contribution is 7.88. The summed E-state index contributed by atoms with van der Waals surface area (Å²) in [4.78, 5) is 22.4. The quantitative estimate of drug-likeness (QED) is 0.123. The van der Waals surface area contributed by atoms with Gasteiger partial charge in [0.15, 0.2) is 0 Å². The van der Waals surface area contributed by atoms with Crippen LogP contribution in [0.15, 0.2) is 45.6 Å². The monoisotopic (exact) mass is 491 g/mol. The normalized spacial score (nSPS) is 11.6. The van der Waals surface area contributed by atoms with Crippen LogP contribution in [0.4, 0.5) is 23.2 Å². The Morgan fingerprint density at radius 2 is 1.79 bits per heavy atom. The summed E-state index contributed by atoms with van der Waals surface area (Å²) >= 11 is 0. The van der Waals surface area contributed by atoms with Crippen molar-refractivity contribution in [2.75, 3.05) is 0 Å². The smallest absolute Gasteiger partial charge is 0.422 e. The SMILES string of the molecule is CC.Cc1c(Cc2cccc([N+](=O)[O-])c2F)c(=O)oc2cc(OS(=O)(=O)C(F)(F)F)ccc12. The maximum atomic E-state index is 14.4. The lowest BCUT2D eigenvalue weighted by molar-refractivity contribution is -0.387. The Labute approximate surface area is 184 Å². The number of fused-ring (bicyclic) bond motifs is 1. The highest BCUT2D eigenvalue weighted by Gasteiger charge is 2.48. The first-order valence-electron chi connectivity index (χ1n) is 9.30. The van der Waals surface area contributed by atoms with Gasteiger partial charge in [0.25, 0.3) is 0 Å². The standard InChI is InChI=1S/C18H11F4NO7S.C2H6/c1-9-12-6-5-11(30-31(27,28)18(20,21)22)8-15(12)29-17(24)13(9)7-10-3-2-4-14(16(10)19)23(25)26;1-2/h2-6,8H,7H2,1H3;1-2H3. The molecule has 3 rings (SSSR count). The number of rotatable bonds is 5. The van der Waals surface area contributed by atoms with Crippen molar-refractivity contribution in [1.82, 2.24) is 0 Å². The fraction of sp³-hybridized carbons (Fsp3) is 0.250. The Bertz CT molecular complexity index is 1370. The van der Waals surface area contributed by atoms with E-state index >= 15 is 0 Å². The van der Waals surface area contributed by atoms with Gasteiger partial charge >= 0.3 is 26.9 Å². The Morgan fingerprint density at radius 1 is 1.15 bits per heavy atom. The molecule has 0 fully saturated rings. The Hall–Kier alpha value is -3.48. The molecule has 33 heavy (non-hydrogen) atoms. The van der Waals surface area contributed by atoms with Gasteiger partial charge in [-0.25, -0.2) is 4.79 Å². The van der Waals surface area contributed by atoms with E-state index in [4.69, 9.17) is 4.42 Å². The third kappa shape index (κ3) is 5.30. The highest BCUT2D eigenvalue weighted by atomic mass is 32.2. The van der Waals surface area contributed by atoms with Crippen molar-refractivity contribution in [3.63, 3.8) is 0 Å². The molecule has 0 spiro atoms. The number of hydrogen-bond acceptors (Lipinski definition) is 7. The van der Waals surface area contributed by atoms with Crippen molar-refractivity contribution in [2.24, 2.45) is 0 Å². The first-order chi connectivity index (χ1) is 15.3. The van der Waals surface area contributed by atoms with Crippen LogP contribution in [0.2, 0.25) is 0 Å². The van der Waals surface area contributed by atoms with Crippen LogP contribution in [0.1, 0.15) is 30.5 Å². The fourth-order valence-corrected chi connectivity index (χ4v) is 3.29. The molecule has 0 atom stereocenters. The third-order valence-electron chi connectivity index (χ3n) is 4.37. The van der Waals surface area contributed by atoms with E-state index in [0.717, 1.165) is 18.2 Å². The van der Waals surface area contributed by atoms with Crippen molar-refractivity contribution in [2.45, 2.75) is 32.7 Å². The largest absolute Gasteiger partial charge is 0.534 e. The molecule has 3 aromatic rings. The van der Waals surface area contributed by atoms with Gasteiger partial charge in [0.1, 0.15) is 11.3 Å². The second-order valence-electron chi connectivity index (χ2n) is 6.32. The second kappa shape index (κ2) is 9.57. The number of nitro groups is 1. The molecule has 0 amide bonds. The zero-order chi connectivity index (χ0) is 25.1. The molecule has 1 aromatic heterocycles. The van der Waals surface area contributed by atoms with Crippen molar-refractivity contribution < 1.29 is 39.5 Å². The number of benzene rings is 2. The number of nitro benzene ring substituents is 1. The molecule has 0 N–H and O–H groups in total. The van der Waals surface area contributed by atoms with Crippen molar-refractivity contribution in [3.8, 4) is 5.75 Å². The summed E-state index contributed by atoms with van der Waals surface area (Å²) in [5.41, 5.74) is -7.57. The van der Waals surface area contributed by atoms with Crippen LogP contribution in [-0.2, 0) is 16.5 Å². The van der Waals surface area contributed by atoms with Crippen LogP contribution in [0, 0.1) is 22.9 Å². The average molecular weight is 491 g/mol. The van der Waals surface area contributed by atoms with E-state index in [0.29, 0.717) is 0 Å². The molecular formula is C20H17F4NO7S. The molecule has 0 saturated heterocycles. The summed E-state index contributed by atoms with van der Waals surface area (Å²) in [6.07, 6.45) is -0.349. The maximum absolute atomic E-state index is 14.4. The van der Waals surface area contributed by atoms with E-state index < -0.39 is 43.4 Å². The lowest BCUT2D eigenvalue weighted by atomic mass is 9.99. The van der Waals surface area contributed by atoms with Gasteiger partial charge in [-0.05, 0) is 30.2 Å². The number of hydrogen-bond donors (Lipinski definition) is 0. The van der Waals surface area contributed by atoms with E-state index in [9.17, 15) is 40.9 Å². The number of halogens is 4. The van der Waals surface area contributed by atoms with Gasteiger partial charge in [-0.1, -0.05) is 26.0 Å². The van der Waals surface area contributed by atoms with Crippen LogP contribution < -0.4 is 9.81 Å². The molecule has 0 aliphatic rings. The number of aryl methyl sites for hydroxylation is 1. The van der Waals surface area contributed by atoms with Crippen molar-refractivity contribution in [3.05, 3.63) is 79.4 Å². The van der Waals surface area contributed by atoms with Gasteiger partial charge in [0.2, 0.25) is 5.82 Å². The van der Waals surface area contributed by atoms with Crippen LogP contribution >= 0.6 is 0 Å². The van der Waals surface area contributed by atoms with Gasteiger partial charge in [-0.2, -0.15) is 26.0 Å². The topological polar surface area (TPSA) is 117 Å². The van der Waals surface area contributed by atoms with E-state index in [1.54, 1.807) is 0 Å². The summed E-state index contributed by atoms with van der Waals surface area (Å²) in [6, 6.07) is 6.36. The molecule has 0 aliphatic carbocycles. The molecule has 0 unspecified atom stereocenters. The lowest BCUT2D eigenvalue weighted by Gasteiger charge is -2.11. The Kier molecular flexibility index (Phi) is 7.47. The summed E-state index contributed by atoms with van der Waals surface area (Å²) in [5.74, 6) is -1.85. The molecule has 0 radical (unpaired) electrons. The molecule has 2 aromatic carbocycles. The summed E-state index contributed by atoms with van der Waals surface area (Å²) in [6.45, 7) is 5.46. The van der Waals surface area contributed by atoms with E-state index in [2.05, 4.69) is 4.18 Å². The minimum atomic E-state index is -5.92. The van der Waals surface area contributed by atoms with E-state index in [1.165, 1.54) is 25.1 Å². The maximum Gasteiger partial charge on any atom is 0.534 e. The number of nitrogens with zero attached hydrogens (tertiary/aromatic N) is 1. The summed E-state index contributed by atoms with van der Waals surface area (Å²) in [5, 5.41) is 11.1. The van der Waals surface area contributed by atoms with Gasteiger partial charge in [-0.15, -0.1) is 0 Å². The van der Waals surface area contributed by atoms with Gasteiger partial charge in [-0.3, -0.25) is 10.1 Å². The minimum Gasteiger partial charge on any atom is -0.422 e. The molecule has 0 aliphatic heterocycles. The molecule has 178 valence electrons. The van der Waals surface area contributed by atoms with Gasteiger partial charge in [0.05, 0.1) is 4.92 Å². The van der Waals surface area contributed by atoms with Crippen LogP contribution in [0.5, 0.6) is 5.75 Å². The summed E-state index contributed by atoms with van der Waals surface area (Å²) in [7, 11) is -5.92. The molecule has 1 heterocycles. The zero-order valence-electron chi connectivity index (χ0n) is 17.4. The van der Waals surface area contributed by atoms with E-state index in [1.807, 2.05) is 13.8 Å². The Morgan fingerprint density at radius 3 is 2.36 bits per heavy atom. The van der Waals surface area contributed by atoms with E-state index in [-0.39, 0.29) is 34.1 Å². The van der Waals surface area contributed by atoms with Crippen LogP contribution in [-0.4, -0.2) is 18.8 Å². The number of alkyl halides is 3. The van der Waals surface area contributed by atoms with Gasteiger partial charge in [0, 0.05) is 29.5 Å². The average Bonchev–Trinajstić information content (AvgIpc) is 2.72. The second-order valence-corrected chi connectivity index (χ2v) is 7.86. The van der Waals surface area contributed by atoms with Crippen LogP contribution in [0.3, 0.4) is 0 Å². The fourth-order valence-electron chi connectivity index (χ4n) is 2.84. The summed E-state index contributed by atoms with van der Waals surface area (Å²) < 4.78 is 83.1. The molecule has 0 saturated carbocycles. The minimum absolute atomic E-state index is 0.0384. The lowest BCUT2D eigenvalue weighted by Crippen LogP contribution is -2.28. The third-order valence-corrected chi connectivity index (χ3v) is 5.35. The molecular weight excluding hydrogens is 474 g/mol. The van der Waals surface area contributed by atoms with Crippen molar-refractivity contribution >= 4 is 26.8 Å². The first-order valence-corrected chi connectivity index (χ1v) is 10.7. The highest BCUT2D eigenvalue weighted by Crippen LogP contribution is 2.30. The molecule has 13 heteroatoms.